The molecule has 0 aromatic carbocycles. The van der Waals surface area contributed by atoms with Crippen LogP contribution in [0.5, 0.6) is 0 Å². The molecule has 0 aromatic heterocycles. The van der Waals surface area contributed by atoms with Gasteiger partial charge in [-0.05, 0) is 19.3 Å². The molecular formula is C11H17F3N2O. The first-order chi connectivity index (χ1) is 8.03. The third kappa shape index (κ3) is 7.18. The van der Waals surface area contributed by atoms with Crippen molar-refractivity contribution < 1.29 is 17.9 Å². The van der Waals surface area contributed by atoms with E-state index in [2.05, 4.69) is 15.7 Å². The van der Waals surface area contributed by atoms with Crippen LogP contribution in [0.1, 0.15) is 25.7 Å². The molecule has 0 N–H and O–H groups in total. The fourth-order valence-corrected chi connectivity index (χ4v) is 1.67. The van der Waals surface area contributed by atoms with Crippen LogP contribution >= 0.6 is 0 Å². The van der Waals surface area contributed by atoms with Gasteiger partial charge in [0.15, 0.2) is 0 Å². The van der Waals surface area contributed by atoms with E-state index >= 15 is 0 Å². The van der Waals surface area contributed by atoms with Crippen molar-refractivity contribution >= 4 is 0 Å². The van der Waals surface area contributed by atoms with Crippen LogP contribution in [0.25, 0.3) is 0 Å². The van der Waals surface area contributed by atoms with Crippen LogP contribution in [0.3, 0.4) is 0 Å². The molecule has 0 amide bonds. The fraction of sp³-hybridized carbons (Fsp3) is 0.909. The number of alkyl halides is 3. The molecule has 6 heteroatoms. The molecule has 3 nitrogen and oxygen atoms in total. The van der Waals surface area contributed by atoms with E-state index in [4.69, 9.17) is 5.26 Å². The summed E-state index contributed by atoms with van der Waals surface area (Å²) in [7, 11) is 0. The van der Waals surface area contributed by atoms with E-state index in [1.54, 1.807) is 0 Å². The molecule has 1 aliphatic carbocycles. The van der Waals surface area contributed by atoms with Crippen molar-refractivity contribution in [1.29, 1.82) is 5.26 Å². The van der Waals surface area contributed by atoms with Gasteiger partial charge >= 0.3 is 6.18 Å². The number of nitrogens with zero attached hydrogens (tertiary/aromatic N) is 2. The van der Waals surface area contributed by atoms with Crippen molar-refractivity contribution in [2.75, 3.05) is 26.3 Å². The third-order valence-electron chi connectivity index (χ3n) is 2.57. The molecule has 0 unspecified atom stereocenters. The minimum Gasteiger partial charge on any atom is -0.372 e. The molecule has 0 bridgehead atoms. The summed E-state index contributed by atoms with van der Waals surface area (Å²) in [5, 5.41) is 8.49. The quantitative estimate of drug-likeness (QED) is 0.620. The van der Waals surface area contributed by atoms with E-state index in [-0.39, 0.29) is 6.61 Å². The summed E-state index contributed by atoms with van der Waals surface area (Å²) in [6.07, 6.45) is -0.918. The molecule has 1 fully saturated rings. The molecule has 1 aliphatic rings. The first-order valence-electron chi connectivity index (χ1n) is 5.78. The SMILES string of the molecule is N#CCCN(CCCOCC(F)(F)F)C1CC1. The van der Waals surface area contributed by atoms with Crippen molar-refractivity contribution in [1.82, 2.24) is 4.90 Å². The molecule has 0 atom stereocenters. The van der Waals surface area contributed by atoms with E-state index in [1.165, 1.54) is 0 Å². The summed E-state index contributed by atoms with van der Waals surface area (Å²) in [6, 6.07) is 2.61. The van der Waals surface area contributed by atoms with Crippen LogP contribution < -0.4 is 0 Å². The van der Waals surface area contributed by atoms with E-state index in [1.807, 2.05) is 0 Å². The van der Waals surface area contributed by atoms with Crippen LogP contribution in [-0.2, 0) is 4.74 Å². The molecular weight excluding hydrogens is 233 g/mol. The Morgan fingerprint density at radius 2 is 2.00 bits per heavy atom. The second kappa shape index (κ2) is 6.82. The minimum atomic E-state index is -4.24. The Balaban J connectivity index is 2.05. The van der Waals surface area contributed by atoms with Gasteiger partial charge in [-0.1, -0.05) is 0 Å². The van der Waals surface area contributed by atoms with E-state index in [0.717, 1.165) is 12.8 Å². The summed E-state index contributed by atoms with van der Waals surface area (Å²) in [5.74, 6) is 0. The summed E-state index contributed by atoms with van der Waals surface area (Å²) in [4.78, 5) is 2.17. The van der Waals surface area contributed by atoms with Crippen LogP contribution in [0.15, 0.2) is 0 Å². The summed E-state index contributed by atoms with van der Waals surface area (Å²) >= 11 is 0. The maximum atomic E-state index is 11.8. The lowest BCUT2D eigenvalue weighted by atomic mass is 10.3. The number of ether oxygens (including phenoxy) is 1. The van der Waals surface area contributed by atoms with E-state index < -0.39 is 12.8 Å². The predicted molar refractivity (Wildman–Crippen MR) is 56.3 cm³/mol. The molecule has 0 saturated heterocycles. The zero-order chi connectivity index (χ0) is 12.7. The predicted octanol–water partition coefficient (Wildman–Crippen LogP) is 2.33. The zero-order valence-electron chi connectivity index (χ0n) is 9.67. The Hall–Kier alpha value is -0.800. The maximum absolute atomic E-state index is 11.8. The Kier molecular flexibility index (Phi) is 5.72. The van der Waals surface area contributed by atoms with Crippen molar-refractivity contribution in [2.24, 2.45) is 0 Å². The first kappa shape index (κ1) is 14.3. The summed E-state index contributed by atoms with van der Waals surface area (Å²) < 4.78 is 39.9. The van der Waals surface area contributed by atoms with Gasteiger partial charge in [0, 0.05) is 32.2 Å². The van der Waals surface area contributed by atoms with Gasteiger partial charge in [-0.15, -0.1) is 0 Å². The Morgan fingerprint density at radius 1 is 1.29 bits per heavy atom. The molecule has 98 valence electrons. The Morgan fingerprint density at radius 3 is 2.53 bits per heavy atom. The number of halogens is 3. The second-order valence-electron chi connectivity index (χ2n) is 4.20. The topological polar surface area (TPSA) is 36.3 Å². The van der Waals surface area contributed by atoms with Crippen molar-refractivity contribution in [3.63, 3.8) is 0 Å². The smallest absolute Gasteiger partial charge is 0.372 e. The van der Waals surface area contributed by atoms with E-state index in [9.17, 15) is 13.2 Å². The maximum Gasteiger partial charge on any atom is 0.411 e. The highest BCUT2D eigenvalue weighted by Gasteiger charge is 2.29. The fourth-order valence-electron chi connectivity index (χ4n) is 1.67. The minimum absolute atomic E-state index is 0.120. The van der Waals surface area contributed by atoms with Gasteiger partial charge in [0.1, 0.15) is 6.61 Å². The van der Waals surface area contributed by atoms with Crippen LogP contribution in [0, 0.1) is 11.3 Å². The summed E-state index contributed by atoms with van der Waals surface area (Å²) in [5.41, 5.74) is 0. The number of rotatable bonds is 8. The molecule has 0 aromatic rings. The van der Waals surface area contributed by atoms with Crippen LogP contribution in [0.2, 0.25) is 0 Å². The third-order valence-corrected chi connectivity index (χ3v) is 2.57. The average Bonchev–Trinajstić information content (AvgIpc) is 3.04. The standard InChI is InChI=1S/C11H17F3N2O/c12-11(13,14)9-17-8-2-7-16(6-1-5-15)10-3-4-10/h10H,1-4,6-9H2. The number of hydrogen-bond donors (Lipinski definition) is 0. The number of nitriles is 1. The van der Waals surface area contributed by atoms with Crippen LogP contribution in [0.4, 0.5) is 13.2 Å². The molecule has 0 spiro atoms. The van der Waals surface area contributed by atoms with Gasteiger partial charge < -0.3 is 4.74 Å². The molecule has 0 aliphatic heterocycles. The van der Waals surface area contributed by atoms with Gasteiger partial charge in [0.05, 0.1) is 6.07 Å². The second-order valence-corrected chi connectivity index (χ2v) is 4.20. The van der Waals surface area contributed by atoms with Gasteiger partial charge in [-0.2, -0.15) is 18.4 Å². The monoisotopic (exact) mass is 250 g/mol. The van der Waals surface area contributed by atoms with Gasteiger partial charge in [0.25, 0.3) is 0 Å². The van der Waals surface area contributed by atoms with Crippen molar-refractivity contribution in [3.8, 4) is 6.07 Å². The van der Waals surface area contributed by atoms with Crippen LogP contribution in [-0.4, -0.2) is 43.4 Å². The highest BCUT2D eigenvalue weighted by Crippen LogP contribution is 2.26. The van der Waals surface area contributed by atoms with Crippen molar-refractivity contribution in [2.45, 2.75) is 37.9 Å². The molecule has 0 heterocycles. The van der Waals surface area contributed by atoms with Gasteiger partial charge in [-0.25, -0.2) is 0 Å². The Labute approximate surface area is 99.1 Å². The number of hydrogen-bond acceptors (Lipinski definition) is 3. The summed E-state index contributed by atoms with van der Waals surface area (Å²) in [6.45, 7) is 0.370. The van der Waals surface area contributed by atoms with Gasteiger partial charge in [-0.3, -0.25) is 4.90 Å². The molecule has 1 saturated carbocycles. The molecule has 1 rings (SSSR count). The highest BCUT2D eigenvalue weighted by atomic mass is 19.4. The first-order valence-corrected chi connectivity index (χ1v) is 5.78. The highest BCUT2D eigenvalue weighted by molar-refractivity contribution is 4.86. The molecule has 17 heavy (non-hydrogen) atoms. The normalized spacial score (nSPS) is 16.2. The lowest BCUT2D eigenvalue weighted by Crippen LogP contribution is -2.29. The zero-order valence-corrected chi connectivity index (χ0v) is 9.67. The van der Waals surface area contributed by atoms with Gasteiger partial charge in [0.2, 0.25) is 0 Å². The van der Waals surface area contributed by atoms with Crippen molar-refractivity contribution in [3.05, 3.63) is 0 Å². The lowest BCUT2D eigenvalue weighted by Gasteiger charge is -2.20. The molecule has 0 radical (unpaired) electrons. The van der Waals surface area contributed by atoms with E-state index in [0.29, 0.717) is 32.0 Å². The average molecular weight is 250 g/mol. The Bertz CT molecular complexity index is 258. The largest absolute Gasteiger partial charge is 0.411 e. The lowest BCUT2D eigenvalue weighted by molar-refractivity contribution is -0.174.